The Bertz CT molecular complexity index is 1180. The van der Waals surface area contributed by atoms with Crippen LogP contribution in [0, 0.1) is 12.8 Å². The highest BCUT2D eigenvalue weighted by Gasteiger charge is 2.34. The molecule has 0 saturated carbocycles. The van der Waals surface area contributed by atoms with Gasteiger partial charge in [-0.05, 0) is 52.8 Å². The van der Waals surface area contributed by atoms with Crippen LogP contribution in [0.4, 0.5) is 10.7 Å². The average molecular weight is 483 g/mol. The summed E-state index contributed by atoms with van der Waals surface area (Å²) in [6.07, 6.45) is 1.30. The molecule has 1 aliphatic heterocycles. The van der Waals surface area contributed by atoms with E-state index in [0.717, 1.165) is 20.8 Å². The maximum absolute atomic E-state index is 13.3. The number of nitrogens with one attached hydrogen (secondary N) is 2. The first-order chi connectivity index (χ1) is 16.1. The number of hydrogen-bond acceptors (Lipinski definition) is 8. The summed E-state index contributed by atoms with van der Waals surface area (Å²) >= 11 is 1.52. The number of hydrogen-bond donors (Lipinski definition) is 2. The third-order valence-electron chi connectivity index (χ3n) is 5.35. The number of fused-ring (bicyclic) bond motifs is 1. The van der Waals surface area contributed by atoms with Crippen LogP contribution in [0.2, 0.25) is 0 Å². The molecule has 9 nitrogen and oxygen atoms in total. The summed E-state index contributed by atoms with van der Waals surface area (Å²) in [5.41, 5.74) is 1.48. The maximum atomic E-state index is 13.3. The molecule has 3 aromatic rings. The molecule has 0 spiro atoms. The number of likely N-dealkylation sites (tertiary alicyclic amines) is 1. The van der Waals surface area contributed by atoms with Gasteiger partial charge < -0.3 is 20.3 Å². The summed E-state index contributed by atoms with van der Waals surface area (Å²) in [4.78, 5) is 41.6. The van der Waals surface area contributed by atoms with Gasteiger partial charge in [0.2, 0.25) is 5.95 Å². The molecule has 4 heterocycles. The summed E-state index contributed by atoms with van der Waals surface area (Å²) in [6, 6.07) is 7.59. The van der Waals surface area contributed by atoms with Gasteiger partial charge in [-0.25, -0.2) is 14.8 Å². The number of amides is 2. The van der Waals surface area contributed by atoms with E-state index >= 15 is 0 Å². The first-order valence-electron chi connectivity index (χ1n) is 11.3. The largest absolute Gasteiger partial charge is 0.444 e. The van der Waals surface area contributed by atoms with Crippen molar-refractivity contribution < 1.29 is 14.3 Å². The lowest BCUT2D eigenvalue weighted by atomic mass is 9.99. The van der Waals surface area contributed by atoms with E-state index < -0.39 is 11.7 Å². The molecule has 1 aliphatic rings. The molecule has 1 atom stereocenters. The van der Waals surface area contributed by atoms with E-state index in [-0.39, 0.29) is 17.9 Å². The second-order valence-electron chi connectivity index (χ2n) is 9.55. The standard InChI is InChI=1S/C24H30N6O3S/c1-14-10-18-20(34-14)19(29-22(28-18)27-15(2)17-8-6-7-9-25-17)21(31)30-12-16(13-30)11-26-23(32)33-24(3,4)5/h6-10,15-16H,11-13H2,1-5H3,(H,26,32)(H,27,28,29). The van der Waals surface area contributed by atoms with Crippen molar-refractivity contribution in [2.24, 2.45) is 5.92 Å². The molecule has 3 aromatic heterocycles. The summed E-state index contributed by atoms with van der Waals surface area (Å²) in [5.74, 6) is 0.451. The molecule has 0 aliphatic carbocycles. The fourth-order valence-electron chi connectivity index (χ4n) is 3.71. The number of ether oxygens (including phenoxy) is 1. The van der Waals surface area contributed by atoms with E-state index in [0.29, 0.717) is 31.3 Å². The van der Waals surface area contributed by atoms with Crippen LogP contribution in [0.25, 0.3) is 10.2 Å². The van der Waals surface area contributed by atoms with Gasteiger partial charge in [-0.3, -0.25) is 9.78 Å². The molecule has 1 saturated heterocycles. The zero-order valence-electron chi connectivity index (χ0n) is 20.1. The Labute approximate surface area is 203 Å². The van der Waals surface area contributed by atoms with Crippen molar-refractivity contribution in [1.82, 2.24) is 25.2 Å². The van der Waals surface area contributed by atoms with Gasteiger partial charge in [0.1, 0.15) is 5.60 Å². The van der Waals surface area contributed by atoms with Crippen molar-refractivity contribution in [1.29, 1.82) is 0 Å². The molecule has 2 N–H and O–H groups in total. The first kappa shape index (κ1) is 23.9. The smallest absolute Gasteiger partial charge is 0.407 e. The number of alkyl carbamates (subject to hydrolysis) is 1. The van der Waals surface area contributed by atoms with Crippen LogP contribution in [0.5, 0.6) is 0 Å². The topological polar surface area (TPSA) is 109 Å². The van der Waals surface area contributed by atoms with Crippen LogP contribution in [0.3, 0.4) is 0 Å². The predicted octanol–water partition coefficient (Wildman–Crippen LogP) is 4.16. The molecule has 0 aromatic carbocycles. The maximum Gasteiger partial charge on any atom is 0.407 e. The Kier molecular flexibility index (Phi) is 6.70. The second-order valence-corrected chi connectivity index (χ2v) is 10.8. The first-order valence-corrected chi connectivity index (χ1v) is 12.1. The average Bonchev–Trinajstić information content (AvgIpc) is 3.11. The molecule has 34 heavy (non-hydrogen) atoms. The number of rotatable bonds is 6. The minimum absolute atomic E-state index is 0.117. The monoisotopic (exact) mass is 482 g/mol. The zero-order chi connectivity index (χ0) is 24.5. The predicted molar refractivity (Wildman–Crippen MR) is 132 cm³/mol. The zero-order valence-corrected chi connectivity index (χ0v) is 20.9. The Morgan fingerprint density at radius 3 is 2.71 bits per heavy atom. The highest BCUT2D eigenvalue weighted by atomic mass is 32.1. The number of pyridine rings is 1. The number of aryl methyl sites for hydroxylation is 1. The van der Waals surface area contributed by atoms with E-state index in [4.69, 9.17) is 4.74 Å². The highest BCUT2D eigenvalue weighted by Crippen LogP contribution is 2.30. The van der Waals surface area contributed by atoms with Crippen molar-refractivity contribution in [3.05, 3.63) is 46.7 Å². The lowest BCUT2D eigenvalue weighted by molar-refractivity contribution is 0.0419. The number of thiophene rings is 1. The van der Waals surface area contributed by atoms with E-state index in [1.54, 1.807) is 11.1 Å². The van der Waals surface area contributed by atoms with Gasteiger partial charge in [-0.15, -0.1) is 11.3 Å². The molecule has 2 amide bonds. The van der Waals surface area contributed by atoms with Crippen molar-refractivity contribution in [2.75, 3.05) is 25.0 Å². The summed E-state index contributed by atoms with van der Waals surface area (Å²) < 4.78 is 6.06. The van der Waals surface area contributed by atoms with E-state index in [1.165, 1.54) is 11.3 Å². The normalized spacial score (nSPS) is 15.0. The number of carbonyl (C=O) groups is 2. The van der Waals surface area contributed by atoms with Gasteiger partial charge >= 0.3 is 6.09 Å². The Morgan fingerprint density at radius 2 is 2.03 bits per heavy atom. The fourth-order valence-corrected chi connectivity index (χ4v) is 4.65. The quantitative estimate of drug-likeness (QED) is 0.543. The molecule has 180 valence electrons. The van der Waals surface area contributed by atoms with Crippen LogP contribution in [0.1, 0.15) is 54.8 Å². The van der Waals surface area contributed by atoms with Crippen molar-refractivity contribution in [2.45, 2.75) is 46.3 Å². The van der Waals surface area contributed by atoms with E-state index in [9.17, 15) is 9.59 Å². The summed E-state index contributed by atoms with van der Waals surface area (Å²) in [6.45, 7) is 11.0. The van der Waals surface area contributed by atoms with Crippen LogP contribution >= 0.6 is 11.3 Å². The minimum atomic E-state index is -0.539. The minimum Gasteiger partial charge on any atom is -0.444 e. The fraction of sp³-hybridized carbons (Fsp3) is 0.458. The van der Waals surface area contributed by atoms with Gasteiger partial charge in [-0.1, -0.05) is 6.07 Å². The van der Waals surface area contributed by atoms with Crippen LogP contribution in [-0.2, 0) is 4.74 Å². The summed E-state index contributed by atoms with van der Waals surface area (Å²) in [7, 11) is 0. The van der Waals surface area contributed by atoms with Gasteiger partial charge in [0.15, 0.2) is 5.69 Å². The molecule has 4 rings (SSSR count). The third kappa shape index (κ3) is 5.61. The van der Waals surface area contributed by atoms with Gasteiger partial charge in [0.05, 0.1) is 22.0 Å². The van der Waals surface area contributed by atoms with Gasteiger partial charge in [-0.2, -0.15) is 0 Å². The Morgan fingerprint density at radius 1 is 1.26 bits per heavy atom. The number of nitrogens with zero attached hydrogens (tertiary/aromatic N) is 4. The lowest BCUT2D eigenvalue weighted by Gasteiger charge is -2.39. The van der Waals surface area contributed by atoms with Crippen LogP contribution in [-0.4, -0.2) is 57.1 Å². The second kappa shape index (κ2) is 9.54. The van der Waals surface area contributed by atoms with E-state index in [2.05, 4.69) is 25.6 Å². The molecular weight excluding hydrogens is 452 g/mol. The summed E-state index contributed by atoms with van der Waals surface area (Å²) in [5, 5.41) is 6.06. The van der Waals surface area contributed by atoms with Crippen LogP contribution < -0.4 is 10.6 Å². The van der Waals surface area contributed by atoms with Crippen molar-refractivity contribution in [3.8, 4) is 0 Å². The number of carbonyl (C=O) groups excluding carboxylic acids is 2. The van der Waals surface area contributed by atoms with E-state index in [1.807, 2.05) is 58.9 Å². The van der Waals surface area contributed by atoms with Crippen molar-refractivity contribution >= 4 is 39.5 Å². The molecule has 1 unspecified atom stereocenters. The number of anilines is 1. The third-order valence-corrected chi connectivity index (χ3v) is 6.40. The highest BCUT2D eigenvalue weighted by molar-refractivity contribution is 7.19. The molecule has 10 heteroatoms. The Balaban J connectivity index is 1.44. The van der Waals surface area contributed by atoms with Gasteiger partial charge in [0.25, 0.3) is 5.91 Å². The molecule has 0 bridgehead atoms. The number of aromatic nitrogens is 3. The van der Waals surface area contributed by atoms with Crippen molar-refractivity contribution in [3.63, 3.8) is 0 Å². The SMILES string of the molecule is Cc1cc2nc(NC(C)c3ccccn3)nc(C(=O)N3CC(CNC(=O)OC(C)(C)C)C3)c2s1. The Hall–Kier alpha value is -3.27. The molecular formula is C24H30N6O3S. The van der Waals surface area contributed by atoms with Gasteiger partial charge in [0, 0.05) is 36.6 Å². The molecule has 1 fully saturated rings. The molecule has 0 radical (unpaired) electrons. The lowest BCUT2D eigenvalue weighted by Crippen LogP contribution is -2.54. The van der Waals surface area contributed by atoms with Crippen LogP contribution in [0.15, 0.2) is 30.5 Å².